The van der Waals surface area contributed by atoms with Crippen LogP contribution in [0, 0.1) is 5.92 Å². The molecule has 1 aromatic rings. The predicted octanol–water partition coefficient (Wildman–Crippen LogP) is 2.71. The maximum atomic E-state index is 13.1. The molecule has 0 saturated carbocycles. The van der Waals surface area contributed by atoms with Gasteiger partial charge in [0.25, 0.3) is 0 Å². The minimum Gasteiger partial charge on any atom is -0.465 e. The molecule has 1 fully saturated rings. The summed E-state index contributed by atoms with van der Waals surface area (Å²) in [5.41, 5.74) is 0.902. The van der Waals surface area contributed by atoms with Gasteiger partial charge in [0.1, 0.15) is 0 Å². The van der Waals surface area contributed by atoms with E-state index in [2.05, 4.69) is 5.32 Å². The highest BCUT2D eigenvalue weighted by molar-refractivity contribution is 5.65. The molecule has 0 unspecified atom stereocenters. The summed E-state index contributed by atoms with van der Waals surface area (Å²) in [4.78, 5) is 11.7. The van der Waals surface area contributed by atoms with Gasteiger partial charge in [-0.15, -0.1) is 0 Å². The molecule has 7 heteroatoms. The largest absolute Gasteiger partial charge is 0.465 e. The van der Waals surface area contributed by atoms with Crippen molar-refractivity contribution in [2.45, 2.75) is 25.2 Å². The third-order valence-electron chi connectivity index (χ3n) is 3.71. The van der Waals surface area contributed by atoms with Gasteiger partial charge >= 0.3 is 12.3 Å². The minimum atomic E-state index is -4.41. The third-order valence-corrected chi connectivity index (χ3v) is 3.71. The number of halogens is 3. The molecule has 1 heterocycles. The molecule has 0 aromatic heterocycles. The van der Waals surface area contributed by atoms with Gasteiger partial charge in [0, 0.05) is 25.7 Å². The van der Waals surface area contributed by atoms with Crippen LogP contribution < -0.4 is 5.32 Å². The first-order valence-corrected chi connectivity index (χ1v) is 6.70. The number of hydrogen-bond donors (Lipinski definition) is 2. The van der Waals surface area contributed by atoms with Crippen molar-refractivity contribution in [1.29, 1.82) is 0 Å². The fourth-order valence-electron chi connectivity index (χ4n) is 2.55. The lowest BCUT2D eigenvalue weighted by Gasteiger charge is -2.38. The average Bonchev–Trinajstić information content (AvgIpc) is 2.45. The van der Waals surface area contributed by atoms with Crippen LogP contribution in [0.5, 0.6) is 0 Å². The molecular formula is C14H17F3N2O2. The summed E-state index contributed by atoms with van der Waals surface area (Å²) < 4.78 is 39.3. The van der Waals surface area contributed by atoms with Crippen LogP contribution in [0.15, 0.2) is 30.3 Å². The number of carboxylic acid groups (broad SMARTS) is 1. The lowest BCUT2D eigenvalue weighted by Crippen LogP contribution is -2.55. The SMILES string of the molecule is O=C(O)N1CC[C@@H](NCc2ccccc2)[C@@H](C(F)(F)F)C1. The first kappa shape index (κ1) is 15.6. The van der Waals surface area contributed by atoms with Gasteiger partial charge in [0.2, 0.25) is 0 Å². The summed E-state index contributed by atoms with van der Waals surface area (Å²) in [7, 11) is 0. The molecule has 2 N–H and O–H groups in total. The van der Waals surface area contributed by atoms with Crippen molar-refractivity contribution >= 4 is 6.09 Å². The van der Waals surface area contributed by atoms with E-state index in [1.807, 2.05) is 30.3 Å². The van der Waals surface area contributed by atoms with E-state index in [9.17, 15) is 18.0 Å². The number of carbonyl (C=O) groups is 1. The molecule has 116 valence electrons. The van der Waals surface area contributed by atoms with Gasteiger partial charge < -0.3 is 15.3 Å². The molecule has 1 aliphatic heterocycles. The Balaban J connectivity index is 2.01. The number of nitrogens with one attached hydrogen (secondary N) is 1. The van der Waals surface area contributed by atoms with Crippen molar-refractivity contribution in [3.8, 4) is 0 Å². The molecule has 1 amide bonds. The van der Waals surface area contributed by atoms with Crippen LogP contribution in [0.25, 0.3) is 0 Å². The number of likely N-dealkylation sites (tertiary alicyclic amines) is 1. The third kappa shape index (κ3) is 4.10. The Morgan fingerprint density at radius 2 is 2.00 bits per heavy atom. The zero-order chi connectivity index (χ0) is 15.5. The number of hydrogen-bond acceptors (Lipinski definition) is 2. The predicted molar refractivity (Wildman–Crippen MR) is 70.8 cm³/mol. The number of nitrogens with zero attached hydrogens (tertiary/aromatic N) is 1. The van der Waals surface area contributed by atoms with Crippen molar-refractivity contribution in [1.82, 2.24) is 10.2 Å². The molecule has 4 nitrogen and oxygen atoms in total. The topological polar surface area (TPSA) is 52.6 Å². The second-order valence-corrected chi connectivity index (χ2v) is 5.14. The van der Waals surface area contributed by atoms with E-state index in [1.54, 1.807) is 0 Å². The summed E-state index contributed by atoms with van der Waals surface area (Å²) >= 11 is 0. The summed E-state index contributed by atoms with van der Waals surface area (Å²) in [6, 6.07) is 8.40. The maximum Gasteiger partial charge on any atom is 0.407 e. The van der Waals surface area contributed by atoms with Crippen LogP contribution >= 0.6 is 0 Å². The van der Waals surface area contributed by atoms with Crippen LogP contribution in [0.1, 0.15) is 12.0 Å². The molecular weight excluding hydrogens is 285 g/mol. The normalized spacial score (nSPS) is 23.1. The smallest absolute Gasteiger partial charge is 0.407 e. The highest BCUT2D eigenvalue weighted by Crippen LogP contribution is 2.33. The van der Waals surface area contributed by atoms with Gasteiger partial charge in [-0.3, -0.25) is 0 Å². The molecule has 0 aliphatic carbocycles. The summed E-state index contributed by atoms with van der Waals surface area (Å²) in [6.07, 6.45) is -5.56. The number of amides is 1. The Labute approximate surface area is 120 Å². The van der Waals surface area contributed by atoms with Gasteiger partial charge in [-0.25, -0.2) is 4.79 Å². The molecule has 2 rings (SSSR count). The molecule has 1 aliphatic rings. The second-order valence-electron chi connectivity index (χ2n) is 5.14. The van der Waals surface area contributed by atoms with Crippen LogP contribution in [0.4, 0.5) is 18.0 Å². The molecule has 0 bridgehead atoms. The van der Waals surface area contributed by atoms with Crippen LogP contribution in [0.2, 0.25) is 0 Å². The number of piperidine rings is 1. The first-order chi connectivity index (χ1) is 9.88. The average molecular weight is 302 g/mol. The van der Waals surface area contributed by atoms with Crippen LogP contribution in [0.3, 0.4) is 0 Å². The van der Waals surface area contributed by atoms with Gasteiger partial charge in [-0.1, -0.05) is 30.3 Å². The van der Waals surface area contributed by atoms with E-state index in [1.165, 1.54) is 0 Å². The quantitative estimate of drug-likeness (QED) is 0.902. The maximum absolute atomic E-state index is 13.1. The van der Waals surface area contributed by atoms with Crippen molar-refractivity contribution < 1.29 is 23.1 Å². The summed E-state index contributed by atoms with van der Waals surface area (Å²) in [5, 5.41) is 11.8. The molecule has 2 atom stereocenters. The monoisotopic (exact) mass is 302 g/mol. The molecule has 1 aromatic carbocycles. The zero-order valence-electron chi connectivity index (χ0n) is 11.3. The van der Waals surface area contributed by atoms with E-state index in [0.29, 0.717) is 6.54 Å². The lowest BCUT2D eigenvalue weighted by atomic mass is 9.91. The number of alkyl halides is 3. The zero-order valence-corrected chi connectivity index (χ0v) is 11.3. The van der Waals surface area contributed by atoms with Gasteiger partial charge in [-0.2, -0.15) is 13.2 Å². The fourth-order valence-corrected chi connectivity index (χ4v) is 2.55. The lowest BCUT2D eigenvalue weighted by molar-refractivity contribution is -0.192. The van der Waals surface area contributed by atoms with Crippen molar-refractivity contribution in [2.24, 2.45) is 5.92 Å². The standard InChI is InChI=1S/C14H17F3N2O2/c15-14(16,17)11-9-19(13(20)21)7-6-12(11)18-8-10-4-2-1-3-5-10/h1-5,11-12,18H,6-9H2,(H,20,21)/t11-,12+/m0/s1. The van der Waals surface area contributed by atoms with E-state index >= 15 is 0 Å². The van der Waals surface area contributed by atoms with E-state index in [4.69, 9.17) is 5.11 Å². The van der Waals surface area contributed by atoms with Gasteiger partial charge in [-0.05, 0) is 12.0 Å². The highest BCUT2D eigenvalue weighted by atomic mass is 19.4. The van der Waals surface area contributed by atoms with E-state index in [0.717, 1.165) is 10.5 Å². The Kier molecular flexibility index (Phi) is 4.72. The molecule has 21 heavy (non-hydrogen) atoms. The number of rotatable bonds is 3. The van der Waals surface area contributed by atoms with Gasteiger partial charge in [0.05, 0.1) is 5.92 Å². The Bertz CT molecular complexity index is 479. The molecule has 0 radical (unpaired) electrons. The Morgan fingerprint density at radius 3 is 2.57 bits per heavy atom. The van der Waals surface area contributed by atoms with Crippen molar-refractivity contribution in [3.05, 3.63) is 35.9 Å². The van der Waals surface area contributed by atoms with Crippen molar-refractivity contribution in [3.63, 3.8) is 0 Å². The molecule has 1 saturated heterocycles. The Hall–Kier alpha value is -1.76. The fraction of sp³-hybridized carbons (Fsp3) is 0.500. The number of benzene rings is 1. The first-order valence-electron chi connectivity index (χ1n) is 6.70. The Morgan fingerprint density at radius 1 is 1.33 bits per heavy atom. The minimum absolute atomic E-state index is 0.119. The summed E-state index contributed by atoms with van der Waals surface area (Å²) in [5.74, 6) is -1.67. The second kappa shape index (κ2) is 6.34. The van der Waals surface area contributed by atoms with Crippen LogP contribution in [-0.4, -0.2) is 41.4 Å². The van der Waals surface area contributed by atoms with Crippen molar-refractivity contribution in [2.75, 3.05) is 13.1 Å². The molecule has 0 spiro atoms. The highest BCUT2D eigenvalue weighted by Gasteiger charge is 2.48. The van der Waals surface area contributed by atoms with E-state index < -0.39 is 30.8 Å². The van der Waals surface area contributed by atoms with Gasteiger partial charge in [0.15, 0.2) is 0 Å². The van der Waals surface area contributed by atoms with E-state index in [-0.39, 0.29) is 13.0 Å². The summed E-state index contributed by atoms with van der Waals surface area (Å²) in [6.45, 7) is -0.0508. The van der Waals surface area contributed by atoms with Crippen LogP contribution in [-0.2, 0) is 6.54 Å².